The molecule has 2 N–H and O–H groups in total. The summed E-state index contributed by atoms with van der Waals surface area (Å²) >= 11 is 0. The van der Waals surface area contributed by atoms with Gasteiger partial charge in [0.1, 0.15) is 24.2 Å². The molecule has 0 aromatic heterocycles. The normalized spacial score (nSPS) is 11.5. The monoisotopic (exact) mass is 441 g/mol. The Balaban J connectivity index is 1.42. The number of carboxylic acid groups (broad SMARTS) is 1. The quantitative estimate of drug-likeness (QED) is 0.326. The molecule has 4 aromatic carbocycles. The highest BCUT2D eigenvalue weighted by Gasteiger charge is 2.18. The first-order chi connectivity index (χ1) is 16.1. The Bertz CT molecular complexity index is 1190. The zero-order chi connectivity index (χ0) is 23.0. The number of carboxylic acids is 1. The molecule has 1 atom stereocenters. The maximum absolute atomic E-state index is 13.0. The second-order valence-electron chi connectivity index (χ2n) is 7.75. The van der Waals surface area contributed by atoms with Gasteiger partial charge in [-0.1, -0.05) is 66.7 Å². The summed E-state index contributed by atoms with van der Waals surface area (Å²) in [4.78, 5) is 11.8. The van der Waals surface area contributed by atoms with Gasteiger partial charge in [0.2, 0.25) is 0 Å². The minimum Gasteiger partial charge on any atom is -0.489 e. The summed E-state index contributed by atoms with van der Waals surface area (Å²) in [5.74, 6) is -0.451. The third-order valence-corrected chi connectivity index (χ3v) is 5.29. The smallest absolute Gasteiger partial charge is 0.326 e. The highest BCUT2D eigenvalue weighted by molar-refractivity contribution is 5.78. The molecule has 4 nitrogen and oxygen atoms in total. The van der Waals surface area contributed by atoms with Crippen molar-refractivity contribution in [1.82, 2.24) is 0 Å². The molecule has 0 radical (unpaired) electrons. The highest BCUT2D eigenvalue weighted by atomic mass is 19.1. The molecule has 0 saturated carbocycles. The van der Waals surface area contributed by atoms with Crippen molar-refractivity contribution in [3.63, 3.8) is 0 Å². The zero-order valence-electron chi connectivity index (χ0n) is 17.9. The fraction of sp³-hybridized carbons (Fsp3) is 0.107. The Hall–Kier alpha value is -4.12. The molecule has 0 aliphatic rings. The number of anilines is 1. The fourth-order valence-electron chi connectivity index (χ4n) is 3.53. The molecule has 0 fully saturated rings. The molecule has 0 spiro atoms. The summed E-state index contributed by atoms with van der Waals surface area (Å²) in [7, 11) is 0. The van der Waals surface area contributed by atoms with E-state index < -0.39 is 12.0 Å². The van der Waals surface area contributed by atoms with E-state index in [1.807, 2.05) is 78.9 Å². The van der Waals surface area contributed by atoms with Crippen molar-refractivity contribution >= 4 is 11.7 Å². The molecule has 166 valence electrons. The summed E-state index contributed by atoms with van der Waals surface area (Å²) in [5.41, 5.74) is 4.55. The molecule has 0 saturated heterocycles. The van der Waals surface area contributed by atoms with Gasteiger partial charge in [0.05, 0.1) is 0 Å². The molecule has 5 heteroatoms. The van der Waals surface area contributed by atoms with Crippen molar-refractivity contribution in [2.24, 2.45) is 0 Å². The van der Waals surface area contributed by atoms with Crippen LogP contribution in [0.1, 0.15) is 11.1 Å². The van der Waals surface area contributed by atoms with Gasteiger partial charge in [-0.05, 0) is 58.7 Å². The van der Waals surface area contributed by atoms with Gasteiger partial charge in [0.15, 0.2) is 0 Å². The number of halogens is 1. The van der Waals surface area contributed by atoms with Crippen molar-refractivity contribution in [3.8, 4) is 16.9 Å². The number of ether oxygens (including phenoxy) is 1. The van der Waals surface area contributed by atoms with Gasteiger partial charge in [-0.25, -0.2) is 9.18 Å². The summed E-state index contributed by atoms with van der Waals surface area (Å²) in [6, 6.07) is 30.4. The van der Waals surface area contributed by atoms with Gasteiger partial charge in [0, 0.05) is 12.1 Å². The van der Waals surface area contributed by atoms with Crippen LogP contribution in [0.4, 0.5) is 10.1 Å². The maximum Gasteiger partial charge on any atom is 0.326 e. The van der Waals surface area contributed by atoms with Gasteiger partial charge in [-0.2, -0.15) is 0 Å². The van der Waals surface area contributed by atoms with E-state index in [1.165, 1.54) is 12.1 Å². The molecule has 4 aromatic rings. The van der Waals surface area contributed by atoms with Crippen molar-refractivity contribution in [2.45, 2.75) is 19.1 Å². The number of benzene rings is 4. The van der Waals surface area contributed by atoms with E-state index in [4.69, 9.17) is 4.74 Å². The first-order valence-corrected chi connectivity index (χ1v) is 10.7. The fourth-order valence-corrected chi connectivity index (χ4v) is 3.53. The summed E-state index contributed by atoms with van der Waals surface area (Å²) in [5, 5.41) is 12.8. The minimum atomic E-state index is -0.896. The summed E-state index contributed by atoms with van der Waals surface area (Å²) in [6.45, 7) is 0.358. The number of aliphatic carboxylic acids is 1. The van der Waals surface area contributed by atoms with Crippen LogP contribution in [0, 0.1) is 5.82 Å². The molecule has 0 aliphatic carbocycles. The van der Waals surface area contributed by atoms with Crippen LogP contribution in [0.2, 0.25) is 0 Å². The highest BCUT2D eigenvalue weighted by Crippen LogP contribution is 2.26. The number of carbonyl (C=O) groups is 1. The number of nitrogens with one attached hydrogen (secondary N) is 1. The SMILES string of the molecule is O=C(O)C(Cc1ccccc1)Nc1cccc(-c2ccc(OCc3ccc(F)cc3)cc2)c1. The second-order valence-corrected chi connectivity index (χ2v) is 7.75. The van der Waals surface area contributed by atoms with Gasteiger partial charge in [-0.3, -0.25) is 0 Å². The van der Waals surface area contributed by atoms with Crippen LogP contribution >= 0.6 is 0 Å². The van der Waals surface area contributed by atoms with E-state index in [-0.39, 0.29) is 5.82 Å². The van der Waals surface area contributed by atoms with Crippen LogP contribution in [-0.2, 0) is 17.8 Å². The Labute approximate surface area is 192 Å². The van der Waals surface area contributed by atoms with E-state index in [0.717, 1.165) is 27.9 Å². The third-order valence-electron chi connectivity index (χ3n) is 5.29. The van der Waals surface area contributed by atoms with Gasteiger partial charge in [-0.15, -0.1) is 0 Å². The van der Waals surface area contributed by atoms with Crippen LogP contribution in [0.15, 0.2) is 103 Å². The van der Waals surface area contributed by atoms with Crippen molar-refractivity contribution in [1.29, 1.82) is 0 Å². The Kier molecular flexibility index (Phi) is 7.00. The molecule has 0 heterocycles. The number of hydrogen-bond acceptors (Lipinski definition) is 3. The summed E-state index contributed by atoms with van der Waals surface area (Å²) in [6.07, 6.45) is 0.389. The van der Waals surface area contributed by atoms with Crippen LogP contribution in [0.25, 0.3) is 11.1 Å². The molecule has 4 rings (SSSR count). The largest absolute Gasteiger partial charge is 0.489 e. The predicted molar refractivity (Wildman–Crippen MR) is 128 cm³/mol. The van der Waals surface area contributed by atoms with Crippen LogP contribution < -0.4 is 10.1 Å². The number of rotatable bonds is 9. The lowest BCUT2D eigenvalue weighted by atomic mass is 10.0. The second kappa shape index (κ2) is 10.5. The van der Waals surface area contributed by atoms with Gasteiger partial charge < -0.3 is 15.2 Å². The zero-order valence-corrected chi connectivity index (χ0v) is 17.9. The van der Waals surface area contributed by atoms with E-state index in [9.17, 15) is 14.3 Å². The first-order valence-electron chi connectivity index (χ1n) is 10.7. The molecule has 0 bridgehead atoms. The predicted octanol–water partition coefficient (Wildman–Crippen LogP) is 6.18. The van der Waals surface area contributed by atoms with Crippen LogP contribution in [0.5, 0.6) is 5.75 Å². The maximum atomic E-state index is 13.0. The summed E-state index contributed by atoms with van der Waals surface area (Å²) < 4.78 is 18.8. The Morgan fingerprint density at radius 1 is 0.818 bits per heavy atom. The lowest BCUT2D eigenvalue weighted by Gasteiger charge is -2.17. The Morgan fingerprint density at radius 2 is 1.55 bits per heavy atom. The average molecular weight is 442 g/mol. The molecule has 0 aliphatic heterocycles. The molecular weight excluding hydrogens is 417 g/mol. The van der Waals surface area contributed by atoms with Gasteiger partial charge in [0.25, 0.3) is 0 Å². The molecule has 1 unspecified atom stereocenters. The first kappa shape index (κ1) is 22.1. The standard InChI is InChI=1S/C28H24FNO3/c29-24-13-9-21(10-14-24)19-33-26-15-11-22(12-16-26)23-7-4-8-25(18-23)30-27(28(31)32)17-20-5-2-1-3-6-20/h1-16,18,27,30H,17,19H2,(H,31,32). The lowest BCUT2D eigenvalue weighted by molar-refractivity contribution is -0.137. The topological polar surface area (TPSA) is 58.6 Å². The average Bonchev–Trinajstić information content (AvgIpc) is 2.84. The van der Waals surface area contributed by atoms with Crippen LogP contribution in [0.3, 0.4) is 0 Å². The molecule has 0 amide bonds. The van der Waals surface area contributed by atoms with E-state index in [0.29, 0.717) is 18.8 Å². The minimum absolute atomic E-state index is 0.269. The van der Waals surface area contributed by atoms with Crippen molar-refractivity contribution in [3.05, 3.63) is 120 Å². The van der Waals surface area contributed by atoms with Gasteiger partial charge >= 0.3 is 5.97 Å². The van der Waals surface area contributed by atoms with E-state index in [2.05, 4.69) is 5.32 Å². The third kappa shape index (κ3) is 6.20. The van der Waals surface area contributed by atoms with Crippen LogP contribution in [-0.4, -0.2) is 17.1 Å². The Morgan fingerprint density at radius 3 is 2.24 bits per heavy atom. The molecular formula is C28H24FNO3. The number of hydrogen-bond donors (Lipinski definition) is 2. The molecule has 33 heavy (non-hydrogen) atoms. The van der Waals surface area contributed by atoms with Crippen molar-refractivity contribution < 1.29 is 19.0 Å². The van der Waals surface area contributed by atoms with E-state index >= 15 is 0 Å². The lowest BCUT2D eigenvalue weighted by Crippen LogP contribution is -2.31. The van der Waals surface area contributed by atoms with E-state index in [1.54, 1.807) is 12.1 Å². The van der Waals surface area contributed by atoms with Crippen molar-refractivity contribution in [2.75, 3.05) is 5.32 Å².